The Morgan fingerprint density at radius 1 is 1.10 bits per heavy atom. The maximum Gasteiger partial charge on any atom is 0.274 e. The predicted molar refractivity (Wildman–Crippen MR) is 114 cm³/mol. The first kappa shape index (κ1) is 19.9. The molecule has 0 radical (unpaired) electrons. The summed E-state index contributed by atoms with van der Waals surface area (Å²) in [6.07, 6.45) is 0. The quantitative estimate of drug-likeness (QED) is 0.718. The number of rotatable bonds is 5. The molecular formula is C20H20N2O5S2. The molecule has 0 N–H and O–H groups in total. The molecule has 0 saturated carbocycles. The van der Waals surface area contributed by atoms with Crippen LogP contribution < -0.4 is 9.64 Å². The van der Waals surface area contributed by atoms with Crippen LogP contribution in [0.25, 0.3) is 0 Å². The SMILES string of the molecule is COCC(=O)N=C1S[C@H]2CS(=O)(=O)C[C@H]2N1c1ccc(Oc2ccccc2)cc1. The van der Waals surface area contributed by atoms with Gasteiger partial charge < -0.3 is 14.4 Å². The Morgan fingerprint density at radius 2 is 1.79 bits per heavy atom. The number of aliphatic imine (C=N–C) groups is 1. The van der Waals surface area contributed by atoms with Crippen LogP contribution in [-0.4, -0.2) is 56.0 Å². The van der Waals surface area contributed by atoms with Gasteiger partial charge in [0.2, 0.25) is 0 Å². The van der Waals surface area contributed by atoms with Gasteiger partial charge in [-0.1, -0.05) is 30.0 Å². The third-order valence-corrected chi connectivity index (χ3v) is 7.86. The largest absolute Gasteiger partial charge is 0.457 e. The highest BCUT2D eigenvalue weighted by Gasteiger charge is 2.49. The van der Waals surface area contributed by atoms with Crippen LogP contribution in [0, 0.1) is 0 Å². The molecule has 1 amide bonds. The smallest absolute Gasteiger partial charge is 0.274 e. The predicted octanol–water partition coefficient (Wildman–Crippen LogP) is 2.73. The zero-order chi connectivity index (χ0) is 20.4. The van der Waals surface area contributed by atoms with Crippen molar-refractivity contribution in [3.05, 3.63) is 54.6 Å². The standard InChI is InChI=1S/C20H20N2O5S2/c1-26-11-19(23)21-20-22(17-12-29(24,25)13-18(17)28-20)14-7-9-16(10-8-14)27-15-5-3-2-4-6-15/h2-10,17-18H,11-13H2,1H3/t17-,18+/m1/s1. The fourth-order valence-corrected chi connectivity index (χ4v) is 7.36. The lowest BCUT2D eigenvalue weighted by molar-refractivity contribution is -0.121. The molecule has 2 aliphatic heterocycles. The fourth-order valence-electron chi connectivity index (χ4n) is 3.43. The highest BCUT2D eigenvalue weighted by atomic mass is 32.2. The zero-order valence-corrected chi connectivity index (χ0v) is 17.4. The van der Waals surface area contributed by atoms with E-state index < -0.39 is 15.7 Å². The zero-order valence-electron chi connectivity index (χ0n) is 15.7. The number of fused-ring (bicyclic) bond motifs is 1. The van der Waals surface area contributed by atoms with Crippen molar-refractivity contribution in [2.75, 3.05) is 30.1 Å². The second-order valence-corrected chi connectivity index (χ2v) is 10.2. The molecule has 4 rings (SSSR count). The number of anilines is 1. The van der Waals surface area contributed by atoms with Gasteiger partial charge >= 0.3 is 0 Å². The molecule has 0 spiro atoms. The number of methoxy groups -OCH3 is 1. The van der Waals surface area contributed by atoms with Gasteiger partial charge in [0.25, 0.3) is 5.91 Å². The summed E-state index contributed by atoms with van der Waals surface area (Å²) in [5.41, 5.74) is 0.770. The van der Waals surface area contributed by atoms with E-state index in [1.807, 2.05) is 59.5 Å². The summed E-state index contributed by atoms with van der Waals surface area (Å²) >= 11 is 1.34. The van der Waals surface area contributed by atoms with Gasteiger partial charge in [0.1, 0.15) is 18.1 Å². The number of hydrogen-bond donors (Lipinski definition) is 0. The van der Waals surface area contributed by atoms with Crippen LogP contribution in [-0.2, 0) is 19.4 Å². The van der Waals surface area contributed by atoms with Crippen LogP contribution in [0.2, 0.25) is 0 Å². The average molecular weight is 433 g/mol. The van der Waals surface area contributed by atoms with E-state index >= 15 is 0 Å². The number of sulfone groups is 1. The van der Waals surface area contributed by atoms with E-state index in [1.54, 1.807) is 0 Å². The molecule has 7 nitrogen and oxygen atoms in total. The lowest BCUT2D eigenvalue weighted by Gasteiger charge is -2.24. The summed E-state index contributed by atoms with van der Waals surface area (Å²) in [5.74, 6) is 1.13. The van der Waals surface area contributed by atoms with Gasteiger partial charge in [-0.3, -0.25) is 4.79 Å². The Balaban J connectivity index is 1.61. The molecule has 9 heteroatoms. The molecular weight excluding hydrogens is 412 g/mol. The average Bonchev–Trinajstić information content (AvgIpc) is 3.14. The number of amides is 1. The number of ether oxygens (including phenoxy) is 2. The number of thioether (sulfide) groups is 1. The van der Waals surface area contributed by atoms with Gasteiger partial charge in [-0.25, -0.2) is 8.42 Å². The molecule has 0 aromatic heterocycles. The lowest BCUT2D eigenvalue weighted by Crippen LogP contribution is -2.37. The lowest BCUT2D eigenvalue weighted by atomic mass is 10.2. The minimum atomic E-state index is -3.11. The summed E-state index contributed by atoms with van der Waals surface area (Å²) in [4.78, 5) is 18.0. The minimum Gasteiger partial charge on any atom is -0.457 e. The van der Waals surface area contributed by atoms with E-state index in [1.165, 1.54) is 18.9 Å². The van der Waals surface area contributed by atoms with Gasteiger partial charge in [-0.2, -0.15) is 4.99 Å². The Morgan fingerprint density at radius 3 is 2.48 bits per heavy atom. The molecule has 0 aliphatic carbocycles. The summed E-state index contributed by atoms with van der Waals surface area (Å²) in [7, 11) is -1.67. The van der Waals surface area contributed by atoms with E-state index in [2.05, 4.69) is 4.99 Å². The molecule has 2 fully saturated rings. The van der Waals surface area contributed by atoms with Crippen LogP contribution in [0.15, 0.2) is 59.6 Å². The number of benzene rings is 2. The molecule has 0 bridgehead atoms. The summed E-state index contributed by atoms with van der Waals surface area (Å²) < 4.78 is 34.9. The number of carbonyl (C=O) groups is 1. The number of hydrogen-bond acceptors (Lipinski definition) is 6. The van der Waals surface area contributed by atoms with Crippen molar-refractivity contribution < 1.29 is 22.7 Å². The molecule has 2 aromatic carbocycles. The van der Waals surface area contributed by atoms with E-state index in [0.29, 0.717) is 10.9 Å². The van der Waals surface area contributed by atoms with Crippen molar-refractivity contribution in [1.29, 1.82) is 0 Å². The van der Waals surface area contributed by atoms with Crippen LogP contribution in [0.1, 0.15) is 0 Å². The first-order valence-electron chi connectivity index (χ1n) is 9.05. The van der Waals surface area contributed by atoms with Gasteiger partial charge in [0.15, 0.2) is 15.0 Å². The Hall–Kier alpha value is -2.36. The normalized spacial score (nSPS) is 23.9. The van der Waals surface area contributed by atoms with Crippen molar-refractivity contribution in [3.8, 4) is 11.5 Å². The monoisotopic (exact) mass is 432 g/mol. The molecule has 2 saturated heterocycles. The summed E-state index contributed by atoms with van der Waals surface area (Å²) in [6, 6.07) is 16.5. The first-order chi connectivity index (χ1) is 13.9. The Kier molecular flexibility index (Phi) is 5.62. The Bertz CT molecular complexity index is 1020. The maximum absolute atomic E-state index is 12.1. The summed E-state index contributed by atoms with van der Waals surface area (Å²) in [5, 5.41) is 0.364. The number of para-hydroxylation sites is 1. The number of carbonyl (C=O) groups excluding carboxylic acids is 1. The van der Waals surface area contributed by atoms with E-state index in [4.69, 9.17) is 9.47 Å². The van der Waals surface area contributed by atoms with E-state index in [9.17, 15) is 13.2 Å². The van der Waals surface area contributed by atoms with Crippen molar-refractivity contribution in [2.24, 2.45) is 4.99 Å². The topological polar surface area (TPSA) is 85.3 Å². The Labute approximate surface area is 173 Å². The van der Waals surface area contributed by atoms with Gasteiger partial charge in [0.05, 0.1) is 17.5 Å². The fraction of sp³-hybridized carbons (Fsp3) is 0.300. The van der Waals surface area contributed by atoms with Crippen molar-refractivity contribution in [2.45, 2.75) is 11.3 Å². The summed E-state index contributed by atoms with van der Waals surface area (Å²) in [6.45, 7) is -0.116. The van der Waals surface area contributed by atoms with Crippen LogP contribution in [0.4, 0.5) is 5.69 Å². The van der Waals surface area contributed by atoms with Crippen molar-refractivity contribution in [1.82, 2.24) is 0 Å². The second kappa shape index (κ2) is 8.17. The molecule has 2 aromatic rings. The molecule has 2 aliphatic rings. The third kappa shape index (κ3) is 4.47. The number of amidine groups is 1. The van der Waals surface area contributed by atoms with Crippen LogP contribution >= 0.6 is 11.8 Å². The van der Waals surface area contributed by atoms with Crippen LogP contribution in [0.5, 0.6) is 11.5 Å². The second-order valence-electron chi connectivity index (χ2n) is 6.80. The minimum absolute atomic E-state index is 0.0461. The van der Waals surface area contributed by atoms with Crippen LogP contribution in [0.3, 0.4) is 0 Å². The van der Waals surface area contributed by atoms with E-state index in [0.717, 1.165) is 11.4 Å². The van der Waals surface area contributed by atoms with Crippen molar-refractivity contribution in [3.63, 3.8) is 0 Å². The highest BCUT2D eigenvalue weighted by Crippen LogP contribution is 2.41. The van der Waals surface area contributed by atoms with E-state index in [-0.39, 0.29) is 29.4 Å². The highest BCUT2D eigenvalue weighted by molar-refractivity contribution is 8.16. The molecule has 29 heavy (non-hydrogen) atoms. The third-order valence-electron chi connectivity index (χ3n) is 4.65. The number of nitrogens with zero attached hydrogens (tertiary/aromatic N) is 2. The molecule has 2 heterocycles. The molecule has 2 atom stereocenters. The molecule has 0 unspecified atom stereocenters. The van der Waals surface area contributed by atoms with Crippen molar-refractivity contribution >= 4 is 38.4 Å². The van der Waals surface area contributed by atoms with Gasteiger partial charge in [-0.05, 0) is 36.4 Å². The first-order valence-corrected chi connectivity index (χ1v) is 11.7. The van der Waals surface area contributed by atoms with Gasteiger partial charge in [0, 0.05) is 18.0 Å². The maximum atomic E-state index is 12.1. The molecule has 152 valence electrons. The van der Waals surface area contributed by atoms with Gasteiger partial charge in [-0.15, -0.1) is 0 Å².